The van der Waals surface area contributed by atoms with Crippen LogP contribution in [0.5, 0.6) is 0 Å². The summed E-state index contributed by atoms with van der Waals surface area (Å²) in [4.78, 5) is 38.2. The van der Waals surface area contributed by atoms with E-state index in [1.54, 1.807) is 0 Å². The molecule has 0 spiro atoms. The predicted molar refractivity (Wildman–Crippen MR) is 311 cm³/mol. The smallest absolute Gasteiger partial charge is 0.306 e. The largest absolute Gasteiger partial charge is 0.462 e. The fourth-order valence-corrected chi connectivity index (χ4v) is 7.80. The number of carbonyl (C=O) groups is 3. The molecule has 0 aromatic rings. The Bertz CT molecular complexity index is 1560. The van der Waals surface area contributed by atoms with Gasteiger partial charge in [-0.3, -0.25) is 14.4 Å². The molecule has 72 heavy (non-hydrogen) atoms. The standard InChI is InChI=1S/C66H106O6/c1-4-7-10-13-16-19-22-25-28-31-33-36-38-41-44-47-50-53-56-59-65(68)71-62-63(61-70-64(67)58-55-52-49-46-43-40-37-34-30-27-24-21-18-15-12-9-6-3)72-66(69)60-57-54-51-48-45-42-39-35-32-29-26-23-20-17-14-11-8-5-2/h9,11-12,14-15,17-18,20-21,23-24,26-27,29-30,32,34-35,37,39-40,43,63H,4-8,10,13,16,19,22,25,28,31,33,36,38,41-42,44-62H2,1-3H3/b12-9-,14-11-,18-15-,20-17-,24-21-,26-23-,30-27-,32-29-,37-34+,39-35-,43-40-. The monoisotopic (exact) mass is 995 g/mol. The van der Waals surface area contributed by atoms with Crippen molar-refractivity contribution in [3.63, 3.8) is 0 Å². The van der Waals surface area contributed by atoms with Gasteiger partial charge >= 0.3 is 17.9 Å². The fraction of sp³-hybridized carbons (Fsp3) is 0.621. The predicted octanol–water partition coefficient (Wildman–Crippen LogP) is 19.8. The maximum atomic E-state index is 12.9. The van der Waals surface area contributed by atoms with Crippen LogP contribution in [0.25, 0.3) is 0 Å². The van der Waals surface area contributed by atoms with Crippen molar-refractivity contribution in [3.05, 3.63) is 134 Å². The molecule has 0 fully saturated rings. The van der Waals surface area contributed by atoms with Crippen molar-refractivity contribution in [2.24, 2.45) is 0 Å². The van der Waals surface area contributed by atoms with E-state index in [2.05, 4.69) is 69.4 Å². The molecule has 0 aliphatic carbocycles. The van der Waals surface area contributed by atoms with Crippen LogP contribution < -0.4 is 0 Å². The van der Waals surface area contributed by atoms with Gasteiger partial charge in [-0.25, -0.2) is 0 Å². The van der Waals surface area contributed by atoms with Crippen molar-refractivity contribution in [1.29, 1.82) is 0 Å². The van der Waals surface area contributed by atoms with Crippen molar-refractivity contribution < 1.29 is 28.6 Å². The summed E-state index contributed by atoms with van der Waals surface area (Å²) < 4.78 is 16.8. The zero-order valence-electron chi connectivity index (χ0n) is 46.4. The number of hydrogen-bond donors (Lipinski definition) is 0. The molecular weight excluding hydrogens is 889 g/mol. The molecular formula is C66H106O6. The third-order valence-corrected chi connectivity index (χ3v) is 12.2. The van der Waals surface area contributed by atoms with E-state index < -0.39 is 6.10 Å². The second-order valence-electron chi connectivity index (χ2n) is 19.1. The van der Waals surface area contributed by atoms with Gasteiger partial charge in [-0.1, -0.05) is 302 Å². The lowest BCUT2D eigenvalue weighted by Crippen LogP contribution is -2.30. The molecule has 0 saturated carbocycles. The van der Waals surface area contributed by atoms with Crippen LogP contribution in [0.1, 0.15) is 245 Å². The molecule has 1 atom stereocenters. The lowest BCUT2D eigenvalue weighted by atomic mass is 10.0. The van der Waals surface area contributed by atoms with E-state index in [1.807, 2.05) is 85.1 Å². The zero-order chi connectivity index (χ0) is 52.2. The molecule has 6 heteroatoms. The summed E-state index contributed by atoms with van der Waals surface area (Å²) in [7, 11) is 0. The number of unbranched alkanes of at least 4 members (excludes halogenated alkanes) is 27. The van der Waals surface area contributed by atoms with Crippen LogP contribution in [0, 0.1) is 0 Å². The Kier molecular flexibility index (Phi) is 55.5. The first-order valence-electron chi connectivity index (χ1n) is 29.3. The van der Waals surface area contributed by atoms with E-state index in [1.165, 1.54) is 109 Å². The maximum Gasteiger partial charge on any atom is 0.306 e. The second kappa shape index (κ2) is 59.1. The Morgan fingerprint density at radius 2 is 0.569 bits per heavy atom. The second-order valence-corrected chi connectivity index (χ2v) is 19.1. The molecule has 0 heterocycles. The first-order chi connectivity index (χ1) is 35.5. The highest BCUT2D eigenvalue weighted by molar-refractivity contribution is 5.71. The summed E-state index contributed by atoms with van der Waals surface area (Å²) in [6.07, 6.45) is 82.9. The van der Waals surface area contributed by atoms with Gasteiger partial charge in [0.1, 0.15) is 13.2 Å². The van der Waals surface area contributed by atoms with Gasteiger partial charge in [0.05, 0.1) is 0 Å². The van der Waals surface area contributed by atoms with E-state index in [9.17, 15) is 14.4 Å². The summed E-state index contributed by atoms with van der Waals surface area (Å²) in [6, 6.07) is 0. The number of hydrogen-bond acceptors (Lipinski definition) is 6. The lowest BCUT2D eigenvalue weighted by Gasteiger charge is -2.18. The highest BCUT2D eigenvalue weighted by Crippen LogP contribution is 2.16. The normalized spacial score (nSPS) is 13.1. The third kappa shape index (κ3) is 56.5. The molecule has 0 aromatic carbocycles. The molecule has 1 unspecified atom stereocenters. The van der Waals surface area contributed by atoms with E-state index in [0.29, 0.717) is 12.8 Å². The quantitative estimate of drug-likeness (QED) is 0.0261. The van der Waals surface area contributed by atoms with Crippen molar-refractivity contribution in [2.45, 2.75) is 252 Å². The van der Waals surface area contributed by atoms with Gasteiger partial charge in [-0.2, -0.15) is 0 Å². The van der Waals surface area contributed by atoms with E-state index in [0.717, 1.165) is 96.3 Å². The average Bonchev–Trinajstić information content (AvgIpc) is 3.38. The molecule has 0 amide bonds. The van der Waals surface area contributed by atoms with Crippen LogP contribution in [0.15, 0.2) is 134 Å². The van der Waals surface area contributed by atoms with Crippen molar-refractivity contribution in [3.8, 4) is 0 Å². The highest BCUT2D eigenvalue weighted by Gasteiger charge is 2.19. The van der Waals surface area contributed by atoms with E-state index in [4.69, 9.17) is 14.2 Å². The zero-order valence-corrected chi connectivity index (χ0v) is 46.4. The fourth-order valence-electron chi connectivity index (χ4n) is 7.80. The van der Waals surface area contributed by atoms with Crippen LogP contribution in [-0.2, 0) is 28.6 Å². The molecule has 0 radical (unpaired) electrons. The SMILES string of the molecule is CC\C=C/C=C\C=C/C=C\C=C\C=C/CCCCCC(=O)OCC(COC(=O)CCCCCCCCCCCCCCCCCCCCC)OC(=O)CCCCCCC\C=C/C=C\C=C/C=C\C=C/CCC. The van der Waals surface area contributed by atoms with Gasteiger partial charge in [0, 0.05) is 19.3 Å². The molecule has 0 rings (SSSR count). The molecule has 6 nitrogen and oxygen atoms in total. The molecule has 0 aliphatic rings. The molecule has 0 aliphatic heterocycles. The maximum absolute atomic E-state index is 12.9. The Morgan fingerprint density at radius 1 is 0.292 bits per heavy atom. The van der Waals surface area contributed by atoms with E-state index >= 15 is 0 Å². The van der Waals surface area contributed by atoms with Gasteiger partial charge in [0.25, 0.3) is 0 Å². The van der Waals surface area contributed by atoms with Crippen molar-refractivity contribution >= 4 is 17.9 Å². The number of rotatable bonds is 51. The number of esters is 3. The minimum atomic E-state index is -0.815. The molecule has 406 valence electrons. The van der Waals surface area contributed by atoms with Gasteiger partial charge < -0.3 is 14.2 Å². The van der Waals surface area contributed by atoms with Gasteiger partial charge in [0.2, 0.25) is 0 Å². The number of ether oxygens (including phenoxy) is 3. The summed E-state index contributed by atoms with van der Waals surface area (Å²) in [5.41, 5.74) is 0. The van der Waals surface area contributed by atoms with Crippen LogP contribution in [0.2, 0.25) is 0 Å². The van der Waals surface area contributed by atoms with Crippen molar-refractivity contribution in [1.82, 2.24) is 0 Å². The summed E-state index contributed by atoms with van der Waals surface area (Å²) in [5.74, 6) is -0.976. The van der Waals surface area contributed by atoms with Gasteiger partial charge in [-0.15, -0.1) is 0 Å². The number of carbonyl (C=O) groups excluding carboxylic acids is 3. The minimum Gasteiger partial charge on any atom is -0.462 e. The summed E-state index contributed by atoms with van der Waals surface area (Å²) >= 11 is 0. The molecule has 0 aromatic heterocycles. The van der Waals surface area contributed by atoms with Crippen molar-refractivity contribution in [2.75, 3.05) is 13.2 Å². The Morgan fingerprint density at radius 3 is 0.917 bits per heavy atom. The minimum absolute atomic E-state index is 0.106. The summed E-state index contributed by atoms with van der Waals surface area (Å²) in [6.45, 7) is 6.36. The molecule has 0 saturated heterocycles. The van der Waals surface area contributed by atoms with Crippen LogP contribution in [0.4, 0.5) is 0 Å². The Labute approximate surface area is 443 Å². The highest BCUT2D eigenvalue weighted by atomic mass is 16.6. The third-order valence-electron chi connectivity index (χ3n) is 12.2. The number of allylic oxidation sites excluding steroid dienone is 22. The summed E-state index contributed by atoms with van der Waals surface area (Å²) in [5, 5.41) is 0. The Hall–Kier alpha value is -4.45. The van der Waals surface area contributed by atoms with E-state index in [-0.39, 0.29) is 37.5 Å². The van der Waals surface area contributed by atoms with Crippen LogP contribution in [-0.4, -0.2) is 37.2 Å². The first kappa shape index (κ1) is 67.5. The molecule has 0 N–H and O–H groups in total. The van der Waals surface area contributed by atoms with Gasteiger partial charge in [0.15, 0.2) is 6.10 Å². The van der Waals surface area contributed by atoms with Crippen LogP contribution >= 0.6 is 0 Å². The van der Waals surface area contributed by atoms with Crippen LogP contribution in [0.3, 0.4) is 0 Å². The molecule has 0 bridgehead atoms. The average molecular weight is 996 g/mol. The Balaban J connectivity index is 4.52. The topological polar surface area (TPSA) is 78.9 Å². The first-order valence-corrected chi connectivity index (χ1v) is 29.3. The van der Waals surface area contributed by atoms with Gasteiger partial charge in [-0.05, 0) is 57.8 Å². The lowest BCUT2D eigenvalue weighted by molar-refractivity contribution is -0.167.